The second kappa shape index (κ2) is 8.83. The molecule has 0 spiro atoms. The normalized spacial score (nSPS) is 11.4. The van der Waals surface area contributed by atoms with Gasteiger partial charge in [-0.1, -0.05) is 45.8 Å². The molecule has 0 atom stereocenters. The summed E-state index contributed by atoms with van der Waals surface area (Å²) in [5.41, 5.74) is 5.26. The molecular formula is C22H21BrN6O3. The van der Waals surface area contributed by atoms with E-state index >= 15 is 0 Å². The molecule has 2 aromatic heterocycles. The third-order valence-corrected chi connectivity index (χ3v) is 5.48. The highest BCUT2D eigenvalue weighted by Crippen LogP contribution is 2.22. The molecule has 32 heavy (non-hydrogen) atoms. The quantitative estimate of drug-likeness (QED) is 0.315. The number of hydrazone groups is 1. The number of imidazole rings is 1. The number of benzene rings is 2. The SMILES string of the molecule is COc1ccc(Br)cc1C=NNc1nc2c(c(=O)[nH]c(=O)n2C)n1Cc1cccc(C)c1. The van der Waals surface area contributed by atoms with Gasteiger partial charge in [-0.25, -0.2) is 10.2 Å². The number of rotatable bonds is 6. The van der Waals surface area contributed by atoms with Crippen LogP contribution < -0.4 is 21.4 Å². The van der Waals surface area contributed by atoms with E-state index in [-0.39, 0.29) is 11.2 Å². The van der Waals surface area contributed by atoms with Crippen molar-refractivity contribution in [3.05, 3.63) is 84.5 Å². The van der Waals surface area contributed by atoms with Gasteiger partial charge in [0, 0.05) is 17.1 Å². The maximum Gasteiger partial charge on any atom is 0.329 e. The molecule has 2 N–H and O–H groups in total. The Morgan fingerprint density at radius 3 is 2.81 bits per heavy atom. The van der Waals surface area contributed by atoms with Gasteiger partial charge in [0.1, 0.15) is 5.75 Å². The highest BCUT2D eigenvalue weighted by Gasteiger charge is 2.17. The molecule has 0 saturated heterocycles. The molecule has 10 heteroatoms. The molecule has 9 nitrogen and oxygen atoms in total. The van der Waals surface area contributed by atoms with Crippen LogP contribution in [0.5, 0.6) is 5.75 Å². The molecule has 4 aromatic rings. The average Bonchev–Trinajstić information content (AvgIpc) is 3.11. The summed E-state index contributed by atoms with van der Waals surface area (Å²) in [6, 6.07) is 13.5. The lowest BCUT2D eigenvalue weighted by atomic mass is 10.1. The first-order valence-electron chi connectivity index (χ1n) is 9.75. The Kier molecular flexibility index (Phi) is 5.95. The molecule has 0 aliphatic carbocycles. The summed E-state index contributed by atoms with van der Waals surface area (Å²) in [5.74, 6) is 0.990. The molecule has 0 bridgehead atoms. The maximum atomic E-state index is 12.6. The van der Waals surface area contributed by atoms with Crippen LogP contribution >= 0.6 is 15.9 Å². The highest BCUT2D eigenvalue weighted by molar-refractivity contribution is 9.10. The number of methoxy groups -OCH3 is 1. The van der Waals surface area contributed by atoms with E-state index in [1.807, 2.05) is 49.4 Å². The summed E-state index contributed by atoms with van der Waals surface area (Å²) >= 11 is 3.44. The van der Waals surface area contributed by atoms with Crippen LogP contribution in [0.25, 0.3) is 11.2 Å². The lowest BCUT2D eigenvalue weighted by molar-refractivity contribution is 0.414. The van der Waals surface area contributed by atoms with Crippen LogP contribution in [-0.4, -0.2) is 32.4 Å². The van der Waals surface area contributed by atoms with E-state index in [2.05, 4.69) is 36.4 Å². The molecule has 0 amide bonds. The molecule has 2 heterocycles. The van der Waals surface area contributed by atoms with E-state index < -0.39 is 11.2 Å². The highest BCUT2D eigenvalue weighted by atomic mass is 79.9. The first kappa shape index (κ1) is 21.6. The van der Waals surface area contributed by atoms with Gasteiger partial charge in [0.25, 0.3) is 5.56 Å². The Morgan fingerprint density at radius 2 is 2.06 bits per heavy atom. The van der Waals surface area contributed by atoms with Gasteiger partial charge in [0.2, 0.25) is 5.95 Å². The van der Waals surface area contributed by atoms with Gasteiger partial charge in [-0.15, -0.1) is 0 Å². The van der Waals surface area contributed by atoms with Crippen molar-refractivity contribution in [3.8, 4) is 5.75 Å². The molecule has 4 rings (SSSR count). The van der Waals surface area contributed by atoms with E-state index in [4.69, 9.17) is 4.74 Å². The van der Waals surface area contributed by atoms with Gasteiger partial charge in [0.15, 0.2) is 11.2 Å². The Labute approximate surface area is 191 Å². The zero-order valence-corrected chi connectivity index (χ0v) is 19.3. The van der Waals surface area contributed by atoms with Crippen molar-refractivity contribution in [2.45, 2.75) is 13.5 Å². The number of fused-ring (bicyclic) bond motifs is 1. The zero-order valence-electron chi connectivity index (χ0n) is 17.7. The molecule has 0 unspecified atom stereocenters. The Hall–Kier alpha value is -3.66. The summed E-state index contributed by atoms with van der Waals surface area (Å²) in [6.45, 7) is 2.37. The fraction of sp³-hybridized carbons (Fsp3) is 0.182. The molecule has 0 fully saturated rings. The number of H-pyrrole nitrogens is 1. The van der Waals surface area contributed by atoms with Gasteiger partial charge < -0.3 is 4.74 Å². The molecule has 164 valence electrons. The predicted octanol–water partition coefficient (Wildman–Crippen LogP) is 3.00. The largest absolute Gasteiger partial charge is 0.496 e. The smallest absolute Gasteiger partial charge is 0.329 e. The molecule has 0 aliphatic rings. The summed E-state index contributed by atoms with van der Waals surface area (Å²) < 4.78 is 9.26. The van der Waals surface area contributed by atoms with E-state index in [1.165, 1.54) is 4.57 Å². The topological polar surface area (TPSA) is 106 Å². The van der Waals surface area contributed by atoms with E-state index in [0.717, 1.165) is 21.2 Å². The summed E-state index contributed by atoms with van der Waals surface area (Å²) in [7, 11) is 3.14. The summed E-state index contributed by atoms with van der Waals surface area (Å²) in [4.78, 5) is 31.5. The average molecular weight is 497 g/mol. The first-order chi connectivity index (χ1) is 15.4. The van der Waals surface area contributed by atoms with Crippen LogP contribution in [0.1, 0.15) is 16.7 Å². The third kappa shape index (κ3) is 4.22. The zero-order chi connectivity index (χ0) is 22.8. The summed E-state index contributed by atoms with van der Waals surface area (Å²) in [5, 5.41) is 4.30. The number of aromatic amines is 1. The van der Waals surface area contributed by atoms with E-state index in [1.54, 1.807) is 24.9 Å². The van der Waals surface area contributed by atoms with Gasteiger partial charge >= 0.3 is 5.69 Å². The fourth-order valence-corrected chi connectivity index (χ4v) is 3.81. The minimum Gasteiger partial charge on any atom is -0.496 e. The van der Waals surface area contributed by atoms with Crippen LogP contribution in [-0.2, 0) is 13.6 Å². The van der Waals surface area contributed by atoms with Crippen molar-refractivity contribution in [1.29, 1.82) is 0 Å². The second-order valence-electron chi connectivity index (χ2n) is 7.26. The number of nitrogens with one attached hydrogen (secondary N) is 2. The molecule has 2 aromatic carbocycles. The molecule has 0 aliphatic heterocycles. The van der Waals surface area contributed by atoms with Crippen LogP contribution in [0.4, 0.5) is 5.95 Å². The van der Waals surface area contributed by atoms with Crippen molar-refractivity contribution in [1.82, 2.24) is 19.1 Å². The number of anilines is 1. The molecule has 0 saturated carbocycles. The number of ether oxygens (including phenoxy) is 1. The van der Waals surface area contributed by atoms with Crippen LogP contribution in [0.15, 0.2) is 61.6 Å². The number of aromatic nitrogens is 4. The first-order valence-corrected chi connectivity index (χ1v) is 10.5. The van der Waals surface area contributed by atoms with Crippen molar-refractivity contribution in [2.24, 2.45) is 12.1 Å². The van der Waals surface area contributed by atoms with E-state index in [9.17, 15) is 9.59 Å². The van der Waals surface area contributed by atoms with Gasteiger partial charge in [0.05, 0.1) is 19.9 Å². The van der Waals surface area contributed by atoms with Crippen LogP contribution in [0.3, 0.4) is 0 Å². The number of halogens is 1. The third-order valence-electron chi connectivity index (χ3n) is 4.99. The Bertz CT molecular complexity index is 1450. The monoisotopic (exact) mass is 496 g/mol. The number of aryl methyl sites for hydroxylation is 2. The van der Waals surface area contributed by atoms with Crippen molar-refractivity contribution >= 4 is 39.3 Å². The minimum absolute atomic E-state index is 0.268. The summed E-state index contributed by atoms with van der Waals surface area (Å²) in [6.07, 6.45) is 1.60. The molecule has 0 radical (unpaired) electrons. The van der Waals surface area contributed by atoms with Crippen molar-refractivity contribution in [3.63, 3.8) is 0 Å². The second-order valence-corrected chi connectivity index (χ2v) is 8.17. The van der Waals surface area contributed by atoms with Crippen LogP contribution in [0.2, 0.25) is 0 Å². The van der Waals surface area contributed by atoms with Crippen molar-refractivity contribution < 1.29 is 4.74 Å². The van der Waals surface area contributed by atoms with Gasteiger partial charge in [-0.3, -0.25) is 18.9 Å². The standard InChI is InChI=1S/C22H21BrN6O3/c1-13-5-4-6-14(9-13)12-29-18-19(28(2)22(31)26-20(18)30)25-21(29)27-24-11-15-10-16(23)7-8-17(15)32-3/h4-11H,12H2,1-3H3,(H,25,27)(H,26,30,31). The van der Waals surface area contributed by atoms with Gasteiger partial charge in [-0.2, -0.15) is 10.1 Å². The fourth-order valence-electron chi connectivity index (χ4n) is 3.43. The van der Waals surface area contributed by atoms with Gasteiger partial charge in [-0.05, 0) is 30.7 Å². The Balaban J connectivity index is 1.79. The lowest BCUT2D eigenvalue weighted by Gasteiger charge is -2.09. The minimum atomic E-state index is -0.531. The number of nitrogens with zero attached hydrogens (tertiary/aromatic N) is 4. The predicted molar refractivity (Wildman–Crippen MR) is 128 cm³/mol. The maximum absolute atomic E-state index is 12.6. The van der Waals surface area contributed by atoms with Crippen molar-refractivity contribution in [2.75, 3.05) is 12.5 Å². The Morgan fingerprint density at radius 1 is 1.25 bits per heavy atom. The molecular weight excluding hydrogens is 476 g/mol. The number of hydrogen-bond acceptors (Lipinski definition) is 6. The number of hydrogen-bond donors (Lipinski definition) is 2. The lowest BCUT2D eigenvalue weighted by Crippen LogP contribution is -2.29. The van der Waals surface area contributed by atoms with Crippen LogP contribution in [0, 0.1) is 6.92 Å². The van der Waals surface area contributed by atoms with E-state index in [0.29, 0.717) is 18.2 Å².